The second-order valence-electron chi connectivity index (χ2n) is 18.2. The smallest absolute Gasteiger partial charge is 0.303 e. The molecule has 4 fully saturated rings. The van der Waals surface area contributed by atoms with Crippen molar-refractivity contribution in [3.63, 3.8) is 0 Å². The monoisotopic (exact) mass is 1120 g/mol. The molecule has 0 radical (unpaired) electrons. The zero-order chi connectivity index (χ0) is 56.7. The van der Waals surface area contributed by atoms with Crippen LogP contribution in [0.3, 0.4) is 0 Å². The summed E-state index contributed by atoms with van der Waals surface area (Å²) in [6.07, 6.45) is -22.7. The molecule has 78 heavy (non-hydrogen) atoms. The second kappa shape index (κ2) is 28.9. The zero-order valence-electron chi connectivity index (χ0n) is 44.2. The van der Waals surface area contributed by atoms with Crippen LogP contribution >= 0.6 is 7.94 Å². The number of hydrogen-bond donors (Lipinski definition) is 0. The number of ether oxygens (including phenoxy) is 15. The van der Waals surface area contributed by atoms with Crippen molar-refractivity contribution in [3.8, 4) is 0 Å². The van der Waals surface area contributed by atoms with Gasteiger partial charge in [-0.25, -0.2) is 9.05 Å². The molecule has 4 heterocycles. The number of carbonyl (C=O) groups excluding carboxylic acids is 8. The number of hydrogen-bond acceptors (Lipinski definition) is 26. The number of esters is 8. The van der Waals surface area contributed by atoms with E-state index in [1.165, 1.54) is 0 Å². The van der Waals surface area contributed by atoms with Crippen molar-refractivity contribution in [2.45, 2.75) is 167 Å². The van der Waals surface area contributed by atoms with Gasteiger partial charge in [0.2, 0.25) is 5.85 Å². The van der Waals surface area contributed by atoms with Gasteiger partial charge in [0.1, 0.15) is 43.7 Å². The van der Waals surface area contributed by atoms with E-state index in [9.17, 15) is 38.4 Å². The molecule has 27 heteroatoms. The van der Waals surface area contributed by atoms with Gasteiger partial charge >= 0.3 is 47.8 Å². The van der Waals surface area contributed by atoms with Crippen molar-refractivity contribution < 1.29 is 123 Å². The maximum Gasteiger partial charge on any atom is 0.303 e. The Kier molecular flexibility index (Phi) is 22.8. The Hall–Kier alpha value is -5.77. The molecule has 4 saturated heterocycles. The van der Waals surface area contributed by atoms with Crippen molar-refractivity contribution in [1.29, 1.82) is 0 Å². The van der Waals surface area contributed by atoms with Crippen LogP contribution in [-0.4, -0.2) is 172 Å². The Morgan fingerprint density at radius 3 is 1.26 bits per heavy atom. The summed E-state index contributed by atoms with van der Waals surface area (Å²) in [6.45, 7) is 6.03. The Bertz CT molecular complexity index is 2350. The van der Waals surface area contributed by atoms with E-state index >= 15 is 4.89 Å². The maximum atomic E-state index is 15.2. The lowest BCUT2D eigenvalue weighted by atomic mass is 9.96. The largest absolute Gasteiger partial charge is 0.629 e. The first-order valence-corrected chi connectivity index (χ1v) is 26.5. The first-order valence-electron chi connectivity index (χ1n) is 24.9. The van der Waals surface area contributed by atoms with Crippen LogP contribution in [0.4, 0.5) is 0 Å². The minimum absolute atomic E-state index is 0.0331. The van der Waals surface area contributed by atoms with Crippen LogP contribution in [-0.2, 0) is 132 Å². The molecule has 4 aliphatic rings. The lowest BCUT2D eigenvalue weighted by Crippen LogP contribution is -2.67. The second-order valence-corrected chi connectivity index (χ2v) is 20.3. The maximum absolute atomic E-state index is 15.2. The molecule has 0 aliphatic carbocycles. The van der Waals surface area contributed by atoms with E-state index < -0.39 is 167 Å². The van der Waals surface area contributed by atoms with Crippen LogP contribution in [0.25, 0.3) is 0 Å². The van der Waals surface area contributed by atoms with E-state index in [1.807, 2.05) is 0 Å². The fourth-order valence-corrected chi connectivity index (χ4v) is 11.0. The van der Waals surface area contributed by atoms with Crippen molar-refractivity contribution in [2.24, 2.45) is 0 Å². The third-order valence-electron chi connectivity index (χ3n) is 11.9. The van der Waals surface area contributed by atoms with Gasteiger partial charge in [-0.1, -0.05) is 60.7 Å². The third-order valence-corrected chi connectivity index (χ3v) is 14.1. The van der Waals surface area contributed by atoms with Crippen LogP contribution < -0.4 is 4.89 Å². The first kappa shape index (κ1) is 61.4. The quantitative estimate of drug-likeness (QED) is 0.0925. The van der Waals surface area contributed by atoms with Gasteiger partial charge in [-0.15, -0.1) is 0 Å². The molecule has 0 spiro atoms. The predicted molar refractivity (Wildman–Crippen MR) is 257 cm³/mol. The molecule has 2 aromatic rings. The highest BCUT2D eigenvalue weighted by Gasteiger charge is 2.63. The molecule has 0 amide bonds. The average molecular weight is 1130 g/mol. The molecular formula is C51H65O26P. The summed E-state index contributed by atoms with van der Waals surface area (Å²) in [5.41, 5.74) is 1.27. The van der Waals surface area contributed by atoms with Gasteiger partial charge in [0.25, 0.3) is 7.94 Å². The highest BCUT2D eigenvalue weighted by molar-refractivity contribution is 7.59. The van der Waals surface area contributed by atoms with Crippen LogP contribution in [0.1, 0.15) is 72.9 Å². The Labute approximate surface area is 449 Å². The van der Waals surface area contributed by atoms with Gasteiger partial charge in [0.15, 0.2) is 55.3 Å². The molecule has 4 aliphatic heterocycles. The highest BCUT2D eigenvalue weighted by atomic mass is 31.2. The summed E-state index contributed by atoms with van der Waals surface area (Å²) >= 11 is 0. The summed E-state index contributed by atoms with van der Waals surface area (Å²) in [4.78, 5) is 116. The molecule has 430 valence electrons. The minimum Gasteiger partial charge on any atom is -0.629 e. The van der Waals surface area contributed by atoms with Crippen LogP contribution in [0.15, 0.2) is 60.7 Å². The van der Waals surface area contributed by atoms with Crippen molar-refractivity contribution in [2.75, 3.05) is 33.0 Å². The standard InChI is InChI=1S/C51H65O26P/c1-27(52)61-24-37-41(68-29(3)54)44(70-31(5)56)46(72-33(7)58)49(74-37)65-26-39-40(77-50-47(73-34(8)59)45(71-32(6)57)42(69-30(4)55)38(75-50)25-62-28(2)53)43(63-22-35-16-11-9-12-17-35)48(64-23-36-18-13-10-14-19-36)51(76-39)78(60)66-20-15-21-67-78/h9-14,16-19,37-51H,15,20-26H2,1-8H3/t37-,38-,39-,40-,41-,42-,43+,44+,45+,46+,47+,48+,49+,50-,51?/m1/s1. The molecule has 26 nitrogen and oxygen atoms in total. The molecular weight excluding hydrogens is 1060 g/mol. The van der Waals surface area contributed by atoms with Gasteiger partial charge in [-0.2, -0.15) is 0 Å². The van der Waals surface area contributed by atoms with Crippen molar-refractivity contribution in [3.05, 3.63) is 71.8 Å². The van der Waals surface area contributed by atoms with Gasteiger partial charge in [0.05, 0.1) is 33.0 Å². The van der Waals surface area contributed by atoms with Crippen LogP contribution in [0.2, 0.25) is 0 Å². The van der Waals surface area contributed by atoms with Crippen LogP contribution in [0.5, 0.6) is 0 Å². The first-order chi connectivity index (χ1) is 37.1. The van der Waals surface area contributed by atoms with Gasteiger partial charge in [-0.3, -0.25) is 38.4 Å². The number of benzene rings is 2. The fraction of sp³-hybridized carbons (Fsp3) is 0.608. The molecule has 1 unspecified atom stereocenters. The molecule has 0 saturated carbocycles. The molecule has 0 N–H and O–H groups in total. The van der Waals surface area contributed by atoms with E-state index in [0.717, 1.165) is 55.4 Å². The predicted octanol–water partition coefficient (Wildman–Crippen LogP) is 2.01. The number of carbonyl (C=O) groups is 8. The van der Waals surface area contributed by atoms with Gasteiger partial charge in [-0.05, 0) is 11.1 Å². The van der Waals surface area contributed by atoms with Crippen molar-refractivity contribution in [1.82, 2.24) is 0 Å². The minimum atomic E-state index is -4.42. The van der Waals surface area contributed by atoms with E-state index in [0.29, 0.717) is 17.5 Å². The van der Waals surface area contributed by atoms with E-state index in [4.69, 9.17) is 80.1 Å². The fourth-order valence-electron chi connectivity index (χ4n) is 8.94. The Balaban J connectivity index is 1.53. The SMILES string of the molecule is CC(=O)OC[C@H]1O[C@H](OC[C@H]2OC([P+]3([O-])OCCCO3)[C@@H](OCc3ccccc3)[C@@H](OCc3ccccc3)[C@@H]2O[C@H]2O[C@H](COC(C)=O)[C@@H](OC(C)=O)[C@H](OC(C)=O)[C@@H]2OC(C)=O)[C@@H](OC(C)=O)[C@@H](OC(C)=O)[C@@H]1OC(C)=O. The van der Waals surface area contributed by atoms with Gasteiger partial charge in [0, 0.05) is 61.8 Å². The van der Waals surface area contributed by atoms with Crippen molar-refractivity contribution >= 4 is 55.7 Å². The Morgan fingerprint density at radius 1 is 0.436 bits per heavy atom. The molecule has 0 aromatic heterocycles. The summed E-state index contributed by atoms with van der Waals surface area (Å²) in [6, 6.07) is 17.7. The lowest BCUT2D eigenvalue weighted by Gasteiger charge is -2.51. The lowest BCUT2D eigenvalue weighted by molar-refractivity contribution is -0.357. The third kappa shape index (κ3) is 17.4. The average Bonchev–Trinajstić information content (AvgIpc) is 3.56. The summed E-state index contributed by atoms with van der Waals surface area (Å²) in [5.74, 6) is -8.77. The molecule has 6 rings (SSSR count). The molecule has 15 atom stereocenters. The summed E-state index contributed by atoms with van der Waals surface area (Å²) in [5, 5.41) is 0. The summed E-state index contributed by atoms with van der Waals surface area (Å²) in [7, 11) is -4.42. The zero-order valence-corrected chi connectivity index (χ0v) is 45.0. The molecule has 2 aromatic carbocycles. The van der Waals surface area contributed by atoms with E-state index in [-0.39, 0.29) is 26.4 Å². The van der Waals surface area contributed by atoms with E-state index in [1.54, 1.807) is 60.7 Å². The highest BCUT2D eigenvalue weighted by Crippen LogP contribution is 2.63. The molecule has 0 bridgehead atoms. The topological polar surface area (TPSA) is 317 Å². The Morgan fingerprint density at radius 2 is 0.821 bits per heavy atom. The van der Waals surface area contributed by atoms with E-state index in [2.05, 4.69) is 0 Å². The van der Waals surface area contributed by atoms with Gasteiger partial charge < -0.3 is 75.9 Å². The summed E-state index contributed by atoms with van der Waals surface area (Å²) < 4.78 is 103. The van der Waals surface area contributed by atoms with Crippen LogP contribution in [0, 0.1) is 0 Å². The normalized spacial score (nSPS) is 30.6. The number of rotatable bonds is 22.